The average Bonchev–Trinajstić information content (AvgIpc) is 2.54. The molecule has 1 aromatic heterocycles. The predicted octanol–water partition coefficient (Wildman–Crippen LogP) is 4.98. The van der Waals surface area contributed by atoms with Gasteiger partial charge in [0.1, 0.15) is 5.76 Å². The molecule has 3 nitrogen and oxygen atoms in total. The summed E-state index contributed by atoms with van der Waals surface area (Å²) in [5.41, 5.74) is 2.98. The Morgan fingerprint density at radius 2 is 1.79 bits per heavy atom. The molecule has 1 unspecified atom stereocenters. The van der Waals surface area contributed by atoms with Gasteiger partial charge in [0.15, 0.2) is 0 Å². The van der Waals surface area contributed by atoms with E-state index in [9.17, 15) is 4.79 Å². The van der Waals surface area contributed by atoms with Gasteiger partial charge in [-0.15, -0.1) is 0 Å². The van der Waals surface area contributed by atoms with Crippen molar-refractivity contribution in [1.82, 2.24) is 4.90 Å². The van der Waals surface area contributed by atoms with Crippen molar-refractivity contribution in [2.75, 3.05) is 14.1 Å². The van der Waals surface area contributed by atoms with Crippen LogP contribution in [0.5, 0.6) is 0 Å². The van der Waals surface area contributed by atoms with Gasteiger partial charge in [0.05, 0.1) is 10.2 Å². The molecular weight excluding hydrogens is 366 g/mol. The van der Waals surface area contributed by atoms with Crippen LogP contribution in [0.4, 0.5) is 0 Å². The van der Waals surface area contributed by atoms with E-state index in [1.165, 1.54) is 5.56 Å². The number of fused-ring (bicyclic) bond motifs is 1. The summed E-state index contributed by atoms with van der Waals surface area (Å²) >= 11 is 3.57. The zero-order valence-corrected chi connectivity index (χ0v) is 15.6. The zero-order chi connectivity index (χ0) is 17.3. The van der Waals surface area contributed by atoms with Crippen LogP contribution in [-0.4, -0.2) is 19.0 Å². The monoisotopic (exact) mass is 385 g/mol. The van der Waals surface area contributed by atoms with Crippen LogP contribution in [0.25, 0.3) is 21.9 Å². The molecule has 0 spiro atoms. The van der Waals surface area contributed by atoms with Crippen LogP contribution >= 0.6 is 15.9 Å². The van der Waals surface area contributed by atoms with E-state index in [4.69, 9.17) is 4.42 Å². The van der Waals surface area contributed by atoms with Gasteiger partial charge in [0, 0.05) is 17.5 Å². The normalized spacial score (nSPS) is 12.7. The molecule has 2 aromatic carbocycles. The summed E-state index contributed by atoms with van der Waals surface area (Å²) in [5, 5.41) is 1.54. The van der Waals surface area contributed by atoms with Gasteiger partial charge in [-0.2, -0.15) is 0 Å². The highest BCUT2D eigenvalue weighted by atomic mass is 79.9. The van der Waals surface area contributed by atoms with E-state index in [0.717, 1.165) is 23.1 Å². The van der Waals surface area contributed by atoms with Crippen LogP contribution < -0.4 is 5.63 Å². The van der Waals surface area contributed by atoms with Gasteiger partial charge in [-0.1, -0.05) is 52.3 Å². The standard InChI is InChI=1S/C20H20BrNO2/c1-13(21)19-18(15-8-6-7-14(11-15)12-22(2)3)16-9-4-5-10-17(16)20(23)24-19/h4-11,13H,12H2,1-3H3. The largest absolute Gasteiger partial charge is 0.426 e. The molecular formula is C20H20BrNO2. The number of nitrogens with zero attached hydrogens (tertiary/aromatic N) is 1. The lowest BCUT2D eigenvalue weighted by Crippen LogP contribution is -2.10. The molecule has 1 atom stereocenters. The first-order chi connectivity index (χ1) is 11.5. The second-order valence-corrected chi connectivity index (χ2v) is 7.60. The first-order valence-corrected chi connectivity index (χ1v) is 8.83. The molecule has 0 fully saturated rings. The number of rotatable bonds is 4. The number of hydrogen-bond donors (Lipinski definition) is 0. The molecule has 0 saturated carbocycles. The Morgan fingerprint density at radius 3 is 2.46 bits per heavy atom. The minimum absolute atomic E-state index is 0.0534. The van der Waals surface area contributed by atoms with E-state index in [1.807, 2.05) is 31.2 Å². The minimum Gasteiger partial charge on any atom is -0.426 e. The van der Waals surface area contributed by atoms with Crippen molar-refractivity contribution in [3.8, 4) is 11.1 Å². The highest BCUT2D eigenvalue weighted by Gasteiger charge is 2.18. The Morgan fingerprint density at radius 1 is 1.08 bits per heavy atom. The van der Waals surface area contributed by atoms with Crippen molar-refractivity contribution >= 4 is 26.7 Å². The third-order valence-electron chi connectivity index (χ3n) is 3.94. The maximum absolute atomic E-state index is 12.3. The lowest BCUT2D eigenvalue weighted by molar-refractivity contribution is 0.402. The van der Waals surface area contributed by atoms with E-state index < -0.39 is 0 Å². The fourth-order valence-corrected chi connectivity index (χ4v) is 3.31. The fraction of sp³-hybridized carbons (Fsp3) is 0.250. The summed E-state index contributed by atoms with van der Waals surface area (Å²) in [4.78, 5) is 14.4. The van der Waals surface area contributed by atoms with Crippen molar-refractivity contribution in [1.29, 1.82) is 0 Å². The van der Waals surface area contributed by atoms with Gasteiger partial charge in [-0.3, -0.25) is 0 Å². The van der Waals surface area contributed by atoms with Crippen LogP contribution in [0.1, 0.15) is 23.1 Å². The van der Waals surface area contributed by atoms with Gasteiger partial charge in [-0.25, -0.2) is 4.79 Å². The van der Waals surface area contributed by atoms with Crippen LogP contribution in [0, 0.1) is 0 Å². The van der Waals surface area contributed by atoms with Crippen molar-refractivity contribution in [2.45, 2.75) is 18.3 Å². The summed E-state index contributed by atoms with van der Waals surface area (Å²) in [6.45, 7) is 2.84. The van der Waals surface area contributed by atoms with Gasteiger partial charge in [0.25, 0.3) is 0 Å². The summed E-state index contributed by atoms with van der Waals surface area (Å²) in [7, 11) is 4.10. The second kappa shape index (κ2) is 6.91. The topological polar surface area (TPSA) is 33.5 Å². The third-order valence-corrected chi connectivity index (χ3v) is 4.36. The number of benzene rings is 2. The van der Waals surface area contributed by atoms with Gasteiger partial charge in [-0.05, 0) is 44.3 Å². The Balaban J connectivity index is 2.30. The molecule has 0 radical (unpaired) electrons. The number of halogens is 1. The molecule has 124 valence electrons. The van der Waals surface area contributed by atoms with Crippen LogP contribution in [0.15, 0.2) is 57.7 Å². The molecule has 4 heteroatoms. The van der Waals surface area contributed by atoms with Crippen LogP contribution in [0.2, 0.25) is 0 Å². The summed E-state index contributed by atoms with van der Waals surface area (Å²) in [6.07, 6.45) is 0. The minimum atomic E-state index is -0.292. The maximum Gasteiger partial charge on any atom is 0.343 e. The van der Waals surface area contributed by atoms with Crippen molar-refractivity contribution in [2.24, 2.45) is 0 Å². The molecule has 0 N–H and O–H groups in total. The van der Waals surface area contributed by atoms with E-state index in [2.05, 4.69) is 59.2 Å². The van der Waals surface area contributed by atoms with E-state index in [1.54, 1.807) is 0 Å². The van der Waals surface area contributed by atoms with E-state index in [-0.39, 0.29) is 10.5 Å². The molecule has 24 heavy (non-hydrogen) atoms. The smallest absolute Gasteiger partial charge is 0.343 e. The first-order valence-electron chi connectivity index (χ1n) is 7.91. The molecule has 0 saturated heterocycles. The van der Waals surface area contributed by atoms with Gasteiger partial charge in [0.2, 0.25) is 0 Å². The summed E-state index contributed by atoms with van der Waals surface area (Å²) in [6, 6.07) is 16.0. The lowest BCUT2D eigenvalue weighted by atomic mass is 9.96. The summed E-state index contributed by atoms with van der Waals surface area (Å²) < 4.78 is 5.65. The molecule has 0 amide bonds. The van der Waals surface area contributed by atoms with Gasteiger partial charge >= 0.3 is 5.63 Å². The van der Waals surface area contributed by atoms with Crippen LogP contribution in [0.3, 0.4) is 0 Å². The second-order valence-electron chi connectivity index (χ2n) is 6.23. The van der Waals surface area contributed by atoms with E-state index in [0.29, 0.717) is 11.1 Å². The van der Waals surface area contributed by atoms with Gasteiger partial charge < -0.3 is 9.32 Å². The Labute approximate surface area is 150 Å². The lowest BCUT2D eigenvalue weighted by Gasteiger charge is -2.15. The Kier molecular flexibility index (Phi) is 4.88. The molecule has 1 heterocycles. The quantitative estimate of drug-likeness (QED) is 0.593. The molecule has 0 aliphatic heterocycles. The number of alkyl halides is 1. The maximum atomic E-state index is 12.3. The highest BCUT2D eigenvalue weighted by molar-refractivity contribution is 9.09. The SMILES string of the molecule is CC(Br)c1oc(=O)c2ccccc2c1-c1cccc(CN(C)C)c1. The Hall–Kier alpha value is -1.91. The van der Waals surface area contributed by atoms with Crippen molar-refractivity contribution in [3.63, 3.8) is 0 Å². The molecule has 0 bridgehead atoms. The molecule has 0 aliphatic carbocycles. The molecule has 3 rings (SSSR count). The first kappa shape index (κ1) is 16.9. The predicted molar refractivity (Wildman–Crippen MR) is 103 cm³/mol. The fourth-order valence-electron chi connectivity index (χ4n) is 2.99. The number of hydrogen-bond acceptors (Lipinski definition) is 3. The summed E-state index contributed by atoms with van der Waals surface area (Å²) in [5.74, 6) is 0.667. The van der Waals surface area contributed by atoms with E-state index >= 15 is 0 Å². The molecule has 3 aromatic rings. The average molecular weight is 386 g/mol. The van der Waals surface area contributed by atoms with Crippen molar-refractivity contribution in [3.05, 3.63) is 70.3 Å². The highest BCUT2D eigenvalue weighted by Crippen LogP contribution is 2.36. The third kappa shape index (κ3) is 3.30. The molecule has 0 aliphatic rings. The zero-order valence-electron chi connectivity index (χ0n) is 14.0. The Bertz CT molecular complexity index is 928. The van der Waals surface area contributed by atoms with Crippen molar-refractivity contribution < 1.29 is 4.42 Å². The van der Waals surface area contributed by atoms with Crippen LogP contribution in [-0.2, 0) is 6.54 Å².